The minimum absolute atomic E-state index is 0.183. The highest BCUT2D eigenvalue weighted by Crippen LogP contribution is 2.34. The van der Waals surface area contributed by atoms with Crippen LogP contribution in [0.1, 0.15) is 60.9 Å². The number of aryl methyl sites for hydroxylation is 2. The summed E-state index contributed by atoms with van der Waals surface area (Å²) in [4.78, 5) is 37.6. The molecule has 2 rings (SSSR count). The number of benzene rings is 1. The zero-order chi connectivity index (χ0) is 20.1. The first-order chi connectivity index (χ1) is 12.8. The van der Waals surface area contributed by atoms with Crippen molar-refractivity contribution in [3.8, 4) is 0 Å². The van der Waals surface area contributed by atoms with Crippen molar-refractivity contribution in [3.63, 3.8) is 0 Å². The smallest absolute Gasteiger partial charge is 0.348 e. The van der Waals surface area contributed by atoms with Gasteiger partial charge in [-0.15, -0.1) is 11.3 Å². The largest absolute Gasteiger partial charge is 0.462 e. The molecule has 1 aromatic heterocycles. The summed E-state index contributed by atoms with van der Waals surface area (Å²) in [5, 5.41) is 3.03. The summed E-state index contributed by atoms with van der Waals surface area (Å²) in [6.07, 6.45) is 0. The highest BCUT2D eigenvalue weighted by molar-refractivity contribution is 7.18. The molecule has 7 heteroatoms. The zero-order valence-electron chi connectivity index (χ0n) is 16.1. The highest BCUT2D eigenvalue weighted by Gasteiger charge is 2.27. The van der Waals surface area contributed by atoms with E-state index in [0.717, 1.165) is 22.5 Å². The van der Waals surface area contributed by atoms with Crippen LogP contribution in [0.2, 0.25) is 0 Å². The molecule has 0 atom stereocenters. The fraction of sp³-hybridized carbons (Fsp3) is 0.350. The first-order valence-corrected chi connectivity index (χ1v) is 9.47. The van der Waals surface area contributed by atoms with Gasteiger partial charge in [0.1, 0.15) is 9.88 Å². The molecule has 0 saturated carbocycles. The Morgan fingerprint density at radius 1 is 1.00 bits per heavy atom. The second-order valence-electron chi connectivity index (χ2n) is 5.97. The lowest BCUT2D eigenvalue weighted by Gasteiger charge is -2.09. The van der Waals surface area contributed by atoms with Crippen LogP contribution in [-0.4, -0.2) is 31.1 Å². The zero-order valence-corrected chi connectivity index (χ0v) is 16.9. The number of amides is 1. The van der Waals surface area contributed by atoms with Crippen LogP contribution in [0.3, 0.4) is 0 Å². The highest BCUT2D eigenvalue weighted by atomic mass is 32.1. The monoisotopic (exact) mass is 389 g/mol. The van der Waals surface area contributed by atoms with Crippen molar-refractivity contribution >= 4 is 34.2 Å². The summed E-state index contributed by atoms with van der Waals surface area (Å²) in [5.74, 6) is -1.47. The van der Waals surface area contributed by atoms with Gasteiger partial charge in [-0.3, -0.25) is 4.79 Å². The van der Waals surface area contributed by atoms with Gasteiger partial charge in [0.05, 0.1) is 18.8 Å². The number of carbonyl (C=O) groups is 3. The number of anilines is 1. The van der Waals surface area contributed by atoms with Crippen LogP contribution in [0, 0.1) is 20.8 Å². The van der Waals surface area contributed by atoms with Gasteiger partial charge in [0.25, 0.3) is 5.91 Å². The lowest BCUT2D eigenvalue weighted by atomic mass is 10.1. The maximum Gasteiger partial charge on any atom is 0.348 e. The Labute approximate surface area is 162 Å². The van der Waals surface area contributed by atoms with Crippen LogP contribution in [0.25, 0.3) is 0 Å². The number of esters is 2. The van der Waals surface area contributed by atoms with Gasteiger partial charge >= 0.3 is 11.9 Å². The molecule has 27 heavy (non-hydrogen) atoms. The topological polar surface area (TPSA) is 81.7 Å². The van der Waals surface area contributed by atoms with Crippen LogP contribution in [0.15, 0.2) is 18.2 Å². The molecule has 0 fully saturated rings. The van der Waals surface area contributed by atoms with Gasteiger partial charge in [-0.2, -0.15) is 0 Å². The third-order valence-electron chi connectivity index (χ3n) is 3.94. The first-order valence-electron chi connectivity index (χ1n) is 8.66. The minimum atomic E-state index is -0.585. The lowest BCUT2D eigenvalue weighted by molar-refractivity contribution is 0.0527. The Bertz CT molecular complexity index is 885. The van der Waals surface area contributed by atoms with E-state index in [-0.39, 0.29) is 34.6 Å². The van der Waals surface area contributed by atoms with Crippen LogP contribution >= 0.6 is 11.3 Å². The first kappa shape index (κ1) is 20.6. The van der Waals surface area contributed by atoms with Gasteiger partial charge in [-0.25, -0.2) is 9.59 Å². The van der Waals surface area contributed by atoms with E-state index in [2.05, 4.69) is 5.32 Å². The normalized spacial score (nSPS) is 10.4. The number of hydrogen-bond acceptors (Lipinski definition) is 6. The van der Waals surface area contributed by atoms with E-state index in [1.165, 1.54) is 0 Å². The number of hydrogen-bond donors (Lipinski definition) is 1. The molecule has 144 valence electrons. The van der Waals surface area contributed by atoms with Gasteiger partial charge in [-0.05, 0) is 51.8 Å². The summed E-state index contributed by atoms with van der Waals surface area (Å²) in [5.41, 5.74) is 2.99. The van der Waals surface area contributed by atoms with Crippen molar-refractivity contribution in [2.24, 2.45) is 0 Å². The fourth-order valence-electron chi connectivity index (χ4n) is 2.68. The summed E-state index contributed by atoms with van der Waals surface area (Å²) >= 11 is 1.01. The molecule has 1 aromatic carbocycles. The molecule has 0 aliphatic heterocycles. The second kappa shape index (κ2) is 8.81. The number of rotatable bonds is 6. The molecule has 0 radical (unpaired) electrons. The summed E-state index contributed by atoms with van der Waals surface area (Å²) in [7, 11) is 0. The maximum absolute atomic E-state index is 12.7. The van der Waals surface area contributed by atoms with Crippen LogP contribution < -0.4 is 5.32 Å². The Hall–Kier alpha value is -2.67. The third kappa shape index (κ3) is 4.54. The van der Waals surface area contributed by atoms with E-state index in [9.17, 15) is 14.4 Å². The van der Waals surface area contributed by atoms with Crippen LogP contribution in [0.5, 0.6) is 0 Å². The van der Waals surface area contributed by atoms with Crippen molar-refractivity contribution in [1.82, 2.24) is 0 Å². The predicted octanol–water partition coefficient (Wildman–Crippen LogP) is 4.28. The number of nitrogens with one attached hydrogen (secondary N) is 1. The van der Waals surface area contributed by atoms with E-state index in [0.29, 0.717) is 11.1 Å². The van der Waals surface area contributed by atoms with Crippen molar-refractivity contribution < 1.29 is 23.9 Å². The van der Waals surface area contributed by atoms with Gasteiger partial charge in [0, 0.05) is 5.56 Å². The molecule has 2 aromatic rings. The third-order valence-corrected chi connectivity index (χ3v) is 5.13. The second-order valence-corrected chi connectivity index (χ2v) is 6.99. The summed E-state index contributed by atoms with van der Waals surface area (Å²) in [6, 6.07) is 5.49. The van der Waals surface area contributed by atoms with Crippen molar-refractivity contribution in [3.05, 3.63) is 50.9 Å². The quantitative estimate of drug-likeness (QED) is 0.746. The molecule has 0 aliphatic rings. The van der Waals surface area contributed by atoms with E-state index in [4.69, 9.17) is 9.47 Å². The predicted molar refractivity (Wildman–Crippen MR) is 105 cm³/mol. The van der Waals surface area contributed by atoms with Gasteiger partial charge in [-0.1, -0.05) is 17.7 Å². The molecule has 1 N–H and O–H groups in total. The Balaban J connectivity index is 2.44. The standard InChI is InChI=1S/C20H23NO5S/c1-6-25-19(23)15-13(5)16(20(24)26-7-2)27-18(15)21-17(22)14-9-8-11(3)10-12(14)4/h8-10H,6-7H2,1-5H3,(H,21,22). The van der Waals surface area contributed by atoms with Gasteiger partial charge < -0.3 is 14.8 Å². The average Bonchev–Trinajstić information content (AvgIpc) is 2.91. The molecule has 1 heterocycles. The fourth-order valence-corrected chi connectivity index (χ4v) is 3.76. The average molecular weight is 389 g/mol. The maximum atomic E-state index is 12.7. The number of thiophene rings is 1. The lowest BCUT2D eigenvalue weighted by Crippen LogP contribution is -2.16. The molecular weight excluding hydrogens is 366 g/mol. The molecule has 1 amide bonds. The number of carbonyl (C=O) groups excluding carboxylic acids is 3. The van der Waals surface area contributed by atoms with Crippen molar-refractivity contribution in [2.45, 2.75) is 34.6 Å². The van der Waals surface area contributed by atoms with Crippen molar-refractivity contribution in [2.75, 3.05) is 18.5 Å². The van der Waals surface area contributed by atoms with Crippen molar-refractivity contribution in [1.29, 1.82) is 0 Å². The molecule has 0 bridgehead atoms. The molecule has 0 spiro atoms. The molecule has 0 aliphatic carbocycles. The SMILES string of the molecule is CCOC(=O)c1sc(NC(=O)c2ccc(C)cc2C)c(C(=O)OCC)c1C. The van der Waals surface area contributed by atoms with Gasteiger partial charge in [0.2, 0.25) is 0 Å². The Kier molecular flexibility index (Phi) is 6.74. The Morgan fingerprint density at radius 3 is 2.22 bits per heavy atom. The molecule has 6 nitrogen and oxygen atoms in total. The van der Waals surface area contributed by atoms with Gasteiger partial charge in [0.15, 0.2) is 0 Å². The number of ether oxygens (including phenoxy) is 2. The molecule has 0 unspecified atom stereocenters. The van der Waals surface area contributed by atoms with E-state index in [1.807, 2.05) is 26.0 Å². The molecule has 0 saturated heterocycles. The molecular formula is C20H23NO5S. The van der Waals surface area contributed by atoms with E-state index in [1.54, 1.807) is 26.8 Å². The van der Waals surface area contributed by atoms with Crippen LogP contribution in [0.4, 0.5) is 5.00 Å². The summed E-state index contributed by atoms with van der Waals surface area (Å²) < 4.78 is 10.1. The summed E-state index contributed by atoms with van der Waals surface area (Å²) in [6.45, 7) is 9.24. The van der Waals surface area contributed by atoms with E-state index >= 15 is 0 Å². The minimum Gasteiger partial charge on any atom is -0.462 e. The Morgan fingerprint density at radius 2 is 1.63 bits per heavy atom. The van der Waals surface area contributed by atoms with E-state index < -0.39 is 11.9 Å². The van der Waals surface area contributed by atoms with Crippen LogP contribution in [-0.2, 0) is 9.47 Å².